The van der Waals surface area contributed by atoms with Gasteiger partial charge in [-0.1, -0.05) is 211 Å². The van der Waals surface area contributed by atoms with E-state index < -0.39 is 71.7 Å². The van der Waals surface area contributed by atoms with Gasteiger partial charge in [0.05, 0.1) is 0 Å². The van der Waals surface area contributed by atoms with Crippen LogP contribution >= 0.6 is 17.0 Å². The van der Waals surface area contributed by atoms with Crippen molar-refractivity contribution in [1.82, 2.24) is 0 Å². The fraction of sp³-hybridized carbons (Fsp3) is 0.224. The van der Waals surface area contributed by atoms with Crippen LogP contribution in [0.2, 0.25) is 91.7 Å². The van der Waals surface area contributed by atoms with Gasteiger partial charge in [-0.3, -0.25) is 0 Å². The molecule has 0 bridgehead atoms. The van der Waals surface area contributed by atoms with E-state index in [1.807, 2.05) is 0 Å². The first-order chi connectivity index (χ1) is 53.0. The Bertz CT molecular complexity index is 5090. The van der Waals surface area contributed by atoms with E-state index in [2.05, 4.69) is 386 Å². The van der Waals surface area contributed by atoms with Gasteiger partial charge in [-0.25, -0.2) is 0 Å². The first kappa shape index (κ1) is 79.7. The fourth-order valence-corrected chi connectivity index (χ4v) is 26.7. The van der Waals surface area contributed by atoms with Gasteiger partial charge in [0.25, 0.3) is 0 Å². The molecule has 0 saturated carbocycles. The van der Waals surface area contributed by atoms with E-state index in [0.717, 1.165) is 23.0 Å². The first-order valence-corrected chi connectivity index (χ1v) is 63.0. The van der Waals surface area contributed by atoms with Crippen molar-refractivity contribution in [3.63, 3.8) is 0 Å². The van der Waals surface area contributed by atoms with Crippen LogP contribution in [0.5, 0.6) is 23.0 Å². The molecular formula is C98H102Cl2O4Si6Zr-4. The molecule has 4 unspecified atom stereocenters. The monoisotopic (exact) mass is 1670 g/mol. The van der Waals surface area contributed by atoms with Crippen molar-refractivity contribution in [2.75, 3.05) is 0 Å². The molecule has 13 heteroatoms. The van der Waals surface area contributed by atoms with Gasteiger partial charge in [-0.2, -0.15) is 68.8 Å². The molecule has 4 nitrogen and oxygen atoms in total. The van der Waals surface area contributed by atoms with Crippen molar-refractivity contribution < 1.29 is 38.6 Å². The normalized spacial score (nSPS) is 16.5. The molecule has 2 radical (unpaired) electrons. The van der Waals surface area contributed by atoms with E-state index in [1.165, 1.54) is 153 Å². The number of aryl methyl sites for hydroxylation is 4. The summed E-state index contributed by atoms with van der Waals surface area (Å²) in [6.07, 6.45) is 37.0. The van der Waals surface area contributed by atoms with Gasteiger partial charge >= 0.3 is 37.9 Å². The van der Waals surface area contributed by atoms with E-state index in [4.69, 9.17) is 34.7 Å². The van der Waals surface area contributed by atoms with E-state index in [-0.39, 0.29) is 23.7 Å². The third-order valence-corrected chi connectivity index (χ3v) is 30.6. The van der Waals surface area contributed by atoms with Crippen LogP contribution in [0.4, 0.5) is 0 Å². The molecule has 0 saturated heterocycles. The molecule has 0 aromatic heterocycles. The van der Waals surface area contributed by atoms with Crippen LogP contribution in [0.15, 0.2) is 243 Å². The van der Waals surface area contributed by atoms with Crippen molar-refractivity contribution in [3.8, 4) is 23.0 Å². The van der Waals surface area contributed by atoms with Gasteiger partial charge in [0, 0.05) is 39.1 Å². The molecule has 0 spiro atoms. The van der Waals surface area contributed by atoms with Crippen molar-refractivity contribution >= 4 is 156 Å². The summed E-state index contributed by atoms with van der Waals surface area (Å²) in [6, 6.07) is 63.2. The molecule has 4 aliphatic carbocycles. The molecule has 16 rings (SSSR count). The van der Waals surface area contributed by atoms with Crippen LogP contribution in [-0.4, -0.2) is 50.9 Å². The Morgan fingerprint density at radius 1 is 0.279 bits per heavy atom. The molecule has 0 fully saturated rings. The quantitative estimate of drug-likeness (QED) is 0.0714. The summed E-state index contributed by atoms with van der Waals surface area (Å²) in [5.74, 6) is 4.59. The summed E-state index contributed by atoms with van der Waals surface area (Å²) in [5.41, 5.74) is 22.1. The molecule has 0 N–H and O–H groups in total. The summed E-state index contributed by atoms with van der Waals surface area (Å²) < 4.78 is 26.4. The number of rotatable bonds is 16. The number of fused-ring (bicyclic) bond motifs is 8. The summed E-state index contributed by atoms with van der Waals surface area (Å²) in [4.78, 5) is 0. The predicted octanol–water partition coefficient (Wildman–Crippen LogP) is 25.7. The van der Waals surface area contributed by atoms with Crippen LogP contribution in [0, 0.1) is 27.7 Å². The molecule has 12 aromatic rings. The zero-order valence-corrected chi connectivity index (χ0v) is 77.6. The zero-order valence-electron chi connectivity index (χ0n) is 67.6. The van der Waals surface area contributed by atoms with Crippen LogP contribution < -0.4 is 38.5 Å². The van der Waals surface area contributed by atoms with Crippen molar-refractivity contribution in [2.45, 2.75) is 143 Å². The molecular weight excluding hydrogens is 1570 g/mol. The van der Waals surface area contributed by atoms with Crippen LogP contribution in [0.3, 0.4) is 0 Å². The number of hydrogen-bond acceptors (Lipinski definition) is 4. The zero-order chi connectivity index (χ0) is 78.6. The minimum absolute atomic E-state index is 0.149. The Morgan fingerprint density at radius 3 is 0.658 bits per heavy atom. The van der Waals surface area contributed by atoms with Gasteiger partial charge in [0.2, 0.25) is 33.3 Å². The van der Waals surface area contributed by atoms with Crippen LogP contribution in [0.1, 0.15) is 113 Å². The summed E-state index contributed by atoms with van der Waals surface area (Å²) in [7, 11) is 0.418. The first-order valence-electron chi connectivity index (χ1n) is 39.1. The van der Waals surface area contributed by atoms with E-state index in [9.17, 15) is 0 Å². The average molecular weight is 1670 g/mol. The topological polar surface area (TPSA) is 36.9 Å². The SMILES string of the molecule is Cc1cc2c([c-]1[Si](C)[c-]1c(C)cc3c1C=CC=CC3c1ccc(O[Si](C)(C)C)c3ccccc13)C=CC=CC2c1ccc(O[Si](C)(C)C)c2ccccc12.Cc1cc2c([c-]1[Si](C)[c-]1c(C)cc3c1C=CC=CC3c1ccc(O[Si](C)(C)C)c3ccccc13)C=CC=CC2c1ccc(O[Si](C)(C)C)c2ccccc12.[Cl][Zr][Cl]. The van der Waals surface area contributed by atoms with Crippen molar-refractivity contribution in [3.05, 3.63) is 332 Å². The third-order valence-electron chi connectivity index (χ3n) is 21.6. The Balaban J connectivity index is 0.000000178. The Morgan fingerprint density at radius 2 is 0.468 bits per heavy atom. The predicted molar refractivity (Wildman–Crippen MR) is 492 cm³/mol. The molecule has 0 aliphatic heterocycles. The summed E-state index contributed by atoms with van der Waals surface area (Å²) in [6.45, 7) is 41.4. The van der Waals surface area contributed by atoms with Gasteiger partial charge in [-0.15, -0.1) is 91.6 Å². The molecule has 12 aromatic carbocycles. The fourth-order valence-electron chi connectivity index (χ4n) is 17.7. The van der Waals surface area contributed by atoms with Crippen LogP contribution in [-0.2, 0) is 20.8 Å². The molecule has 0 heterocycles. The summed E-state index contributed by atoms with van der Waals surface area (Å²) >= 11 is -0.826. The molecule has 111 heavy (non-hydrogen) atoms. The second-order valence-corrected chi connectivity index (χ2v) is 60.1. The van der Waals surface area contributed by atoms with Gasteiger partial charge in [-0.05, 0) is 170 Å². The number of benzene rings is 8. The van der Waals surface area contributed by atoms with Crippen molar-refractivity contribution in [2.24, 2.45) is 0 Å². The Hall–Kier alpha value is -7.92. The van der Waals surface area contributed by atoms with E-state index in [0.29, 0.717) is 0 Å². The minimum atomic E-state index is -1.78. The molecule has 4 aliphatic rings. The van der Waals surface area contributed by atoms with Crippen molar-refractivity contribution in [1.29, 1.82) is 0 Å². The van der Waals surface area contributed by atoms with E-state index >= 15 is 0 Å². The number of hydrogen-bond donors (Lipinski definition) is 0. The Kier molecular flexibility index (Phi) is 23.4. The van der Waals surface area contributed by atoms with E-state index in [1.54, 1.807) is 0 Å². The van der Waals surface area contributed by atoms with Gasteiger partial charge in [0.1, 0.15) is 23.0 Å². The second-order valence-electron chi connectivity index (χ2n) is 34.1. The second kappa shape index (κ2) is 32.5. The average Bonchev–Trinajstić information content (AvgIpc) is 1.61. The third kappa shape index (κ3) is 16.6. The Labute approximate surface area is 686 Å². The molecule has 0 amide bonds. The number of halogens is 2. The molecule has 4 atom stereocenters. The standard InChI is InChI=1S/2C49H51O2Si3.2ClH.Zr/c2*1-32-30-44-36(38-26-28-46(50-53(4,5)6)40-22-14-10-18-34(38)40)20-12-16-24-42(44)48(32)52(3)49-33(2)31-45-37(21-13-17-25-43(45)49)39-27-29-47(51-54(7,8)9)41-23-15-11-19-35(39)41;;;/h2*10-31,36-37H,1-9H3;2*1H;/q2*-2;;;+2/p-2. The molecule has 564 valence electrons. The summed E-state index contributed by atoms with van der Waals surface area (Å²) in [5, 5.41) is 16.0. The maximum absolute atomic E-state index is 6.59. The number of allylic oxidation sites excluding steroid dienone is 12. The van der Waals surface area contributed by atoms with Gasteiger partial charge < -0.3 is 17.7 Å². The van der Waals surface area contributed by atoms with Gasteiger partial charge in [0.15, 0.2) is 0 Å². The van der Waals surface area contributed by atoms with Crippen LogP contribution in [0.25, 0.3) is 67.4 Å². The maximum atomic E-state index is 6.59.